The molecule has 1 aromatic heterocycles. The van der Waals surface area contributed by atoms with Gasteiger partial charge in [-0.1, -0.05) is 74.0 Å². The molecule has 1 amide bonds. The fraction of sp³-hybridized carbons (Fsp3) is 0.250. The monoisotopic (exact) mass is 428 g/mol. The third kappa shape index (κ3) is 5.08. The lowest BCUT2D eigenvalue weighted by atomic mass is 9.88. The molecule has 1 heterocycles. The second-order valence-corrected chi connectivity index (χ2v) is 8.23. The number of carbonyl (C=O) groups is 1. The molecule has 0 fully saturated rings. The molecule has 164 valence electrons. The van der Waals surface area contributed by atoms with Crippen molar-refractivity contribution in [1.29, 1.82) is 0 Å². The first-order chi connectivity index (χ1) is 15.7. The molecule has 1 atom stereocenters. The number of rotatable bonds is 9. The van der Waals surface area contributed by atoms with Crippen LogP contribution >= 0.6 is 0 Å². The van der Waals surface area contributed by atoms with Crippen molar-refractivity contribution >= 4 is 16.8 Å². The van der Waals surface area contributed by atoms with Gasteiger partial charge in [0.2, 0.25) is 5.91 Å². The summed E-state index contributed by atoms with van der Waals surface area (Å²) in [5, 5.41) is 4.16. The van der Waals surface area contributed by atoms with Crippen molar-refractivity contribution in [1.82, 2.24) is 9.88 Å². The van der Waals surface area contributed by atoms with Crippen molar-refractivity contribution in [3.05, 3.63) is 108 Å². The Morgan fingerprint density at radius 1 is 0.969 bits per heavy atom. The second-order valence-electron chi connectivity index (χ2n) is 8.23. The van der Waals surface area contributed by atoms with Crippen molar-refractivity contribution in [3.63, 3.8) is 0 Å². The minimum atomic E-state index is -0.272. The van der Waals surface area contributed by atoms with Gasteiger partial charge in [0.15, 0.2) is 0 Å². The highest BCUT2D eigenvalue weighted by Crippen LogP contribution is 2.35. The van der Waals surface area contributed by atoms with E-state index in [-0.39, 0.29) is 17.6 Å². The molecule has 3 nitrogen and oxygen atoms in total. The van der Waals surface area contributed by atoms with Gasteiger partial charge in [0.25, 0.3) is 0 Å². The molecule has 0 aliphatic rings. The maximum Gasteiger partial charge on any atom is 0.220 e. The van der Waals surface area contributed by atoms with Crippen molar-refractivity contribution in [2.75, 3.05) is 6.54 Å². The SMILES string of the molecule is CCCCNC(=O)CC(c1ccc(F)cc1)c1cn(Cc2ccccc2)c2ccccc12. The molecule has 0 spiro atoms. The molecule has 0 aliphatic carbocycles. The summed E-state index contributed by atoms with van der Waals surface area (Å²) in [6.07, 6.45) is 4.48. The predicted octanol–water partition coefficient (Wildman–Crippen LogP) is 6.27. The van der Waals surface area contributed by atoms with E-state index in [1.807, 2.05) is 30.3 Å². The zero-order valence-electron chi connectivity index (χ0n) is 18.4. The summed E-state index contributed by atoms with van der Waals surface area (Å²) in [6, 6.07) is 25.2. The number of para-hydroxylation sites is 1. The summed E-state index contributed by atoms with van der Waals surface area (Å²) in [5.74, 6) is -0.404. The Balaban J connectivity index is 1.73. The number of amides is 1. The summed E-state index contributed by atoms with van der Waals surface area (Å²) in [5.41, 5.74) is 4.38. The van der Waals surface area contributed by atoms with Crippen LogP contribution in [0.4, 0.5) is 4.39 Å². The van der Waals surface area contributed by atoms with Gasteiger partial charge in [-0.25, -0.2) is 4.39 Å². The summed E-state index contributed by atoms with van der Waals surface area (Å²) in [4.78, 5) is 12.8. The Morgan fingerprint density at radius 2 is 1.69 bits per heavy atom. The summed E-state index contributed by atoms with van der Waals surface area (Å²) < 4.78 is 15.9. The van der Waals surface area contributed by atoms with E-state index in [1.165, 1.54) is 17.7 Å². The topological polar surface area (TPSA) is 34.0 Å². The van der Waals surface area contributed by atoms with Crippen LogP contribution in [0.2, 0.25) is 0 Å². The largest absolute Gasteiger partial charge is 0.356 e. The minimum absolute atomic E-state index is 0.0210. The van der Waals surface area contributed by atoms with Gasteiger partial charge in [-0.05, 0) is 41.3 Å². The van der Waals surface area contributed by atoms with Crippen LogP contribution in [0.25, 0.3) is 10.9 Å². The third-order valence-corrected chi connectivity index (χ3v) is 5.90. The Kier molecular flexibility index (Phi) is 7.00. The Morgan fingerprint density at radius 3 is 2.44 bits per heavy atom. The van der Waals surface area contributed by atoms with Gasteiger partial charge < -0.3 is 9.88 Å². The quantitative estimate of drug-likeness (QED) is 0.313. The first-order valence-electron chi connectivity index (χ1n) is 11.3. The lowest BCUT2D eigenvalue weighted by molar-refractivity contribution is -0.121. The summed E-state index contributed by atoms with van der Waals surface area (Å²) >= 11 is 0. The van der Waals surface area contributed by atoms with Crippen LogP contribution < -0.4 is 5.32 Å². The number of aromatic nitrogens is 1. The number of hydrogen-bond acceptors (Lipinski definition) is 1. The highest BCUT2D eigenvalue weighted by Gasteiger charge is 2.23. The zero-order valence-corrected chi connectivity index (χ0v) is 18.4. The van der Waals surface area contributed by atoms with Crippen LogP contribution in [0.5, 0.6) is 0 Å². The molecule has 0 aliphatic heterocycles. The number of hydrogen-bond donors (Lipinski definition) is 1. The lowest BCUT2D eigenvalue weighted by Crippen LogP contribution is -2.26. The number of carbonyl (C=O) groups excluding carboxylic acids is 1. The average Bonchev–Trinajstić information content (AvgIpc) is 3.17. The van der Waals surface area contributed by atoms with E-state index in [9.17, 15) is 9.18 Å². The second kappa shape index (κ2) is 10.3. The molecule has 4 rings (SSSR count). The van der Waals surface area contributed by atoms with E-state index in [2.05, 4.69) is 47.3 Å². The van der Waals surface area contributed by atoms with E-state index in [0.29, 0.717) is 13.0 Å². The highest BCUT2D eigenvalue weighted by atomic mass is 19.1. The molecule has 4 aromatic rings. The molecule has 32 heavy (non-hydrogen) atoms. The molecule has 0 saturated carbocycles. The smallest absolute Gasteiger partial charge is 0.220 e. The summed E-state index contributed by atoms with van der Waals surface area (Å²) in [6.45, 7) is 3.54. The van der Waals surface area contributed by atoms with Gasteiger partial charge in [-0.15, -0.1) is 0 Å². The molecule has 1 N–H and O–H groups in total. The highest BCUT2D eigenvalue weighted by molar-refractivity contribution is 5.86. The first kappa shape index (κ1) is 21.8. The summed E-state index contributed by atoms with van der Waals surface area (Å²) in [7, 11) is 0. The van der Waals surface area contributed by atoms with E-state index < -0.39 is 0 Å². The Labute approximate surface area is 188 Å². The number of nitrogens with one attached hydrogen (secondary N) is 1. The van der Waals surface area contributed by atoms with Gasteiger partial charge in [-0.2, -0.15) is 0 Å². The van der Waals surface area contributed by atoms with Gasteiger partial charge in [0.1, 0.15) is 5.82 Å². The number of halogens is 1. The third-order valence-electron chi connectivity index (χ3n) is 5.90. The molecule has 1 unspecified atom stereocenters. The van der Waals surface area contributed by atoms with Crippen molar-refractivity contribution in [2.45, 2.75) is 38.6 Å². The maximum absolute atomic E-state index is 13.6. The lowest BCUT2D eigenvalue weighted by Gasteiger charge is -2.17. The first-order valence-corrected chi connectivity index (χ1v) is 11.3. The molecule has 4 heteroatoms. The van der Waals surface area contributed by atoms with Gasteiger partial charge >= 0.3 is 0 Å². The number of fused-ring (bicyclic) bond motifs is 1. The average molecular weight is 429 g/mol. The molecule has 3 aromatic carbocycles. The van der Waals surface area contributed by atoms with Crippen LogP contribution in [0.1, 0.15) is 48.8 Å². The van der Waals surface area contributed by atoms with Crippen molar-refractivity contribution in [2.24, 2.45) is 0 Å². The normalized spacial score (nSPS) is 12.1. The molecule has 0 saturated heterocycles. The van der Waals surface area contributed by atoms with Crippen LogP contribution in [0.15, 0.2) is 85.1 Å². The van der Waals surface area contributed by atoms with Gasteiger partial charge in [0, 0.05) is 42.5 Å². The molecular weight excluding hydrogens is 399 g/mol. The van der Waals surface area contributed by atoms with Crippen LogP contribution in [0, 0.1) is 5.82 Å². The van der Waals surface area contributed by atoms with Crippen LogP contribution in [-0.2, 0) is 11.3 Å². The molecule has 0 radical (unpaired) electrons. The maximum atomic E-state index is 13.6. The van der Waals surface area contributed by atoms with Gasteiger partial charge in [0.05, 0.1) is 0 Å². The van der Waals surface area contributed by atoms with E-state index >= 15 is 0 Å². The molecular formula is C28H29FN2O. The van der Waals surface area contributed by atoms with Gasteiger partial charge in [-0.3, -0.25) is 4.79 Å². The van der Waals surface area contributed by atoms with Crippen molar-refractivity contribution < 1.29 is 9.18 Å². The fourth-order valence-corrected chi connectivity index (χ4v) is 4.23. The Hall–Kier alpha value is -3.40. The number of benzene rings is 3. The van der Waals surface area contributed by atoms with Crippen LogP contribution in [-0.4, -0.2) is 17.0 Å². The predicted molar refractivity (Wildman–Crippen MR) is 128 cm³/mol. The van der Waals surface area contributed by atoms with Crippen LogP contribution in [0.3, 0.4) is 0 Å². The van der Waals surface area contributed by atoms with E-state index in [4.69, 9.17) is 0 Å². The number of unbranched alkanes of at least 4 members (excludes halogenated alkanes) is 1. The van der Waals surface area contributed by atoms with E-state index in [0.717, 1.165) is 41.4 Å². The fourth-order valence-electron chi connectivity index (χ4n) is 4.23. The minimum Gasteiger partial charge on any atom is -0.356 e. The van der Waals surface area contributed by atoms with E-state index in [1.54, 1.807) is 12.1 Å². The van der Waals surface area contributed by atoms with Crippen molar-refractivity contribution in [3.8, 4) is 0 Å². The number of nitrogens with zero attached hydrogens (tertiary/aromatic N) is 1. The Bertz CT molecular complexity index is 1170. The molecule has 0 bridgehead atoms. The standard InChI is InChI=1S/C28H29FN2O/c1-2-3-17-30-28(32)18-25(22-13-15-23(29)16-14-22)26-20-31(19-21-9-5-4-6-10-21)27-12-8-7-11-24(26)27/h4-16,20,25H,2-3,17-19H2,1H3,(H,30,32). The zero-order chi connectivity index (χ0) is 22.3.